The number of carbonyl (C=O) groups excluding carboxylic acids is 2. The number of amides is 2. The van der Waals surface area contributed by atoms with E-state index in [2.05, 4.69) is 27.5 Å². The topological polar surface area (TPSA) is 91.3 Å². The summed E-state index contributed by atoms with van der Waals surface area (Å²) in [6.07, 6.45) is 1.44. The van der Waals surface area contributed by atoms with Crippen molar-refractivity contribution in [2.24, 2.45) is 0 Å². The quantitative estimate of drug-likeness (QED) is 0.684. The van der Waals surface area contributed by atoms with E-state index in [0.717, 1.165) is 0 Å². The maximum absolute atomic E-state index is 11.9. The van der Waals surface area contributed by atoms with Crippen LogP contribution in [0.5, 0.6) is 0 Å². The van der Waals surface area contributed by atoms with Crippen LogP contribution in [-0.4, -0.2) is 40.6 Å². The summed E-state index contributed by atoms with van der Waals surface area (Å²) in [5, 5.41) is 13.9. The molecule has 1 rings (SSSR count). The SMILES string of the molecule is CC(C)NC(=O)C(C)NC(=O)c1ccc(C#CCO)cn1. The van der Waals surface area contributed by atoms with Crippen LogP contribution >= 0.6 is 0 Å². The van der Waals surface area contributed by atoms with Crippen LogP contribution in [0.3, 0.4) is 0 Å². The number of pyridine rings is 1. The molecule has 0 aliphatic carbocycles. The first-order valence-corrected chi connectivity index (χ1v) is 6.61. The molecule has 0 saturated heterocycles. The van der Waals surface area contributed by atoms with Gasteiger partial charge in [-0.25, -0.2) is 4.98 Å². The van der Waals surface area contributed by atoms with Gasteiger partial charge in [0.25, 0.3) is 5.91 Å². The Balaban J connectivity index is 2.65. The minimum Gasteiger partial charge on any atom is -0.384 e. The van der Waals surface area contributed by atoms with E-state index in [4.69, 9.17) is 5.11 Å². The molecule has 1 aromatic heterocycles. The lowest BCUT2D eigenvalue weighted by Crippen LogP contribution is -2.46. The van der Waals surface area contributed by atoms with Gasteiger partial charge in [-0.3, -0.25) is 9.59 Å². The predicted octanol–water partition coefficient (Wildman–Crippen LogP) is 0.0683. The van der Waals surface area contributed by atoms with Crippen molar-refractivity contribution in [2.75, 3.05) is 6.61 Å². The van der Waals surface area contributed by atoms with E-state index in [1.807, 2.05) is 13.8 Å². The number of nitrogens with one attached hydrogen (secondary N) is 2. The van der Waals surface area contributed by atoms with Gasteiger partial charge in [-0.05, 0) is 32.9 Å². The van der Waals surface area contributed by atoms with Gasteiger partial charge in [0, 0.05) is 17.8 Å². The standard InChI is InChI=1S/C15H19N3O3/c1-10(2)17-14(20)11(3)18-15(21)13-7-6-12(9-16-13)5-4-8-19/h6-7,9-11,19H,8H2,1-3H3,(H,17,20)(H,18,21). The van der Waals surface area contributed by atoms with Crippen LogP contribution in [0, 0.1) is 11.8 Å². The Hall–Kier alpha value is -2.39. The maximum atomic E-state index is 11.9. The van der Waals surface area contributed by atoms with Crippen LogP contribution in [-0.2, 0) is 4.79 Å². The van der Waals surface area contributed by atoms with Crippen molar-refractivity contribution in [3.05, 3.63) is 29.6 Å². The largest absolute Gasteiger partial charge is 0.384 e. The average Bonchev–Trinajstić information content (AvgIpc) is 2.44. The molecule has 1 atom stereocenters. The molecule has 0 saturated carbocycles. The molecule has 21 heavy (non-hydrogen) atoms. The fraction of sp³-hybridized carbons (Fsp3) is 0.400. The molecule has 1 aromatic rings. The summed E-state index contributed by atoms with van der Waals surface area (Å²) in [5.74, 6) is 4.50. The van der Waals surface area contributed by atoms with Gasteiger partial charge < -0.3 is 15.7 Å². The Morgan fingerprint density at radius 1 is 1.29 bits per heavy atom. The molecule has 0 spiro atoms. The van der Waals surface area contributed by atoms with Crippen molar-refractivity contribution >= 4 is 11.8 Å². The second-order valence-corrected chi connectivity index (χ2v) is 4.75. The molecule has 112 valence electrons. The molecule has 0 bridgehead atoms. The highest BCUT2D eigenvalue weighted by Crippen LogP contribution is 2.00. The smallest absolute Gasteiger partial charge is 0.270 e. The second-order valence-electron chi connectivity index (χ2n) is 4.75. The zero-order valence-electron chi connectivity index (χ0n) is 12.3. The molecule has 0 aliphatic rings. The summed E-state index contributed by atoms with van der Waals surface area (Å²) in [6, 6.07) is 2.52. The van der Waals surface area contributed by atoms with Crippen molar-refractivity contribution in [2.45, 2.75) is 32.9 Å². The molecule has 6 heteroatoms. The lowest BCUT2D eigenvalue weighted by atomic mass is 10.2. The van der Waals surface area contributed by atoms with Gasteiger partial charge in [0.1, 0.15) is 18.3 Å². The summed E-state index contributed by atoms with van der Waals surface area (Å²) in [5.41, 5.74) is 0.806. The van der Waals surface area contributed by atoms with Gasteiger partial charge in [-0.1, -0.05) is 11.8 Å². The van der Waals surface area contributed by atoms with E-state index in [1.54, 1.807) is 13.0 Å². The summed E-state index contributed by atoms with van der Waals surface area (Å²) in [4.78, 5) is 27.6. The maximum Gasteiger partial charge on any atom is 0.270 e. The van der Waals surface area contributed by atoms with Crippen molar-refractivity contribution in [3.63, 3.8) is 0 Å². The molecule has 1 heterocycles. The van der Waals surface area contributed by atoms with Gasteiger partial charge in [0.15, 0.2) is 0 Å². The number of nitrogens with zero attached hydrogens (tertiary/aromatic N) is 1. The second kappa shape index (κ2) is 8.02. The van der Waals surface area contributed by atoms with Crippen LogP contribution in [0.2, 0.25) is 0 Å². The van der Waals surface area contributed by atoms with Crippen LogP contribution < -0.4 is 10.6 Å². The van der Waals surface area contributed by atoms with E-state index in [-0.39, 0.29) is 24.2 Å². The highest BCUT2D eigenvalue weighted by atomic mass is 16.2. The van der Waals surface area contributed by atoms with Gasteiger partial charge in [-0.2, -0.15) is 0 Å². The Morgan fingerprint density at radius 3 is 2.52 bits per heavy atom. The van der Waals surface area contributed by atoms with E-state index in [9.17, 15) is 9.59 Å². The van der Waals surface area contributed by atoms with Gasteiger partial charge in [0.05, 0.1) is 0 Å². The monoisotopic (exact) mass is 289 g/mol. The zero-order chi connectivity index (χ0) is 15.8. The van der Waals surface area contributed by atoms with Crippen molar-refractivity contribution in [3.8, 4) is 11.8 Å². The number of rotatable bonds is 4. The summed E-state index contributed by atoms with van der Waals surface area (Å²) < 4.78 is 0. The first kappa shape index (κ1) is 16.7. The Morgan fingerprint density at radius 2 is 2.00 bits per heavy atom. The van der Waals surface area contributed by atoms with E-state index >= 15 is 0 Å². The van der Waals surface area contributed by atoms with E-state index < -0.39 is 11.9 Å². The first-order chi connectivity index (χ1) is 9.93. The molecule has 3 N–H and O–H groups in total. The summed E-state index contributed by atoms with van der Waals surface area (Å²) in [6.45, 7) is 5.07. The number of aliphatic hydroxyl groups excluding tert-OH is 1. The first-order valence-electron chi connectivity index (χ1n) is 6.61. The third-order valence-electron chi connectivity index (χ3n) is 2.48. The van der Waals surface area contributed by atoms with Crippen LogP contribution in [0.1, 0.15) is 36.8 Å². The molecule has 0 radical (unpaired) electrons. The lowest BCUT2D eigenvalue weighted by molar-refractivity contribution is -0.123. The minimum absolute atomic E-state index is 0.0133. The molecule has 2 amide bonds. The van der Waals surface area contributed by atoms with Crippen LogP contribution in [0.15, 0.2) is 18.3 Å². The van der Waals surface area contributed by atoms with E-state index in [0.29, 0.717) is 5.56 Å². The van der Waals surface area contributed by atoms with Gasteiger partial charge >= 0.3 is 0 Å². The van der Waals surface area contributed by atoms with Gasteiger partial charge in [-0.15, -0.1) is 0 Å². The predicted molar refractivity (Wildman–Crippen MR) is 78.4 cm³/mol. The summed E-state index contributed by atoms with van der Waals surface area (Å²) >= 11 is 0. The van der Waals surface area contributed by atoms with Crippen molar-refractivity contribution in [1.82, 2.24) is 15.6 Å². The summed E-state index contributed by atoms with van der Waals surface area (Å²) in [7, 11) is 0. The number of hydrogen-bond donors (Lipinski definition) is 3. The zero-order valence-corrected chi connectivity index (χ0v) is 12.3. The van der Waals surface area contributed by atoms with Crippen molar-refractivity contribution in [1.29, 1.82) is 0 Å². The average molecular weight is 289 g/mol. The minimum atomic E-state index is -0.643. The van der Waals surface area contributed by atoms with Crippen LogP contribution in [0.25, 0.3) is 0 Å². The van der Waals surface area contributed by atoms with Crippen LogP contribution in [0.4, 0.5) is 0 Å². The molecule has 1 unspecified atom stereocenters. The lowest BCUT2D eigenvalue weighted by Gasteiger charge is -2.15. The normalized spacial score (nSPS) is 11.3. The third kappa shape index (κ3) is 5.63. The highest BCUT2D eigenvalue weighted by Gasteiger charge is 2.17. The molecule has 0 aromatic carbocycles. The third-order valence-corrected chi connectivity index (χ3v) is 2.48. The molecule has 6 nitrogen and oxygen atoms in total. The number of aromatic nitrogens is 1. The Bertz CT molecular complexity index is 556. The highest BCUT2D eigenvalue weighted by molar-refractivity contribution is 5.96. The van der Waals surface area contributed by atoms with E-state index in [1.165, 1.54) is 12.3 Å². The Kier molecular flexibility index (Phi) is 6.37. The molecular formula is C15H19N3O3. The van der Waals surface area contributed by atoms with Crippen molar-refractivity contribution < 1.29 is 14.7 Å². The van der Waals surface area contributed by atoms with Gasteiger partial charge in [0.2, 0.25) is 5.91 Å². The fourth-order valence-electron chi connectivity index (χ4n) is 1.49. The molecule has 0 aliphatic heterocycles. The number of aliphatic hydroxyl groups is 1. The Labute approximate surface area is 124 Å². The molecular weight excluding hydrogens is 270 g/mol. The number of carbonyl (C=O) groups is 2. The molecule has 0 fully saturated rings. The number of hydrogen-bond acceptors (Lipinski definition) is 4. The fourth-order valence-corrected chi connectivity index (χ4v) is 1.49.